The van der Waals surface area contributed by atoms with Crippen LogP contribution in [0.4, 0.5) is 0 Å². The average molecular weight is 520 g/mol. The van der Waals surface area contributed by atoms with E-state index in [4.69, 9.17) is 24.4 Å². The van der Waals surface area contributed by atoms with Gasteiger partial charge >= 0.3 is 11.9 Å². The van der Waals surface area contributed by atoms with Crippen molar-refractivity contribution in [3.8, 4) is 23.0 Å². The largest absolute Gasteiger partial charge is 0.497 e. The fraction of sp³-hybridized carbons (Fsp3) is 0.207. The topological polar surface area (TPSA) is 123 Å². The van der Waals surface area contributed by atoms with Crippen LogP contribution in [0.5, 0.6) is 23.0 Å². The molecular formula is C29H29NO8. The number of carboxylic acid groups (broad SMARTS) is 2. The Morgan fingerprint density at radius 2 is 1.29 bits per heavy atom. The lowest BCUT2D eigenvalue weighted by Gasteiger charge is -2.15. The molecule has 3 aromatic carbocycles. The van der Waals surface area contributed by atoms with Gasteiger partial charge in [-0.05, 0) is 65.6 Å². The molecule has 0 saturated carbocycles. The molecule has 0 unspecified atom stereocenters. The predicted octanol–water partition coefficient (Wildman–Crippen LogP) is 4.45. The Kier molecular flexibility index (Phi) is 9.10. The van der Waals surface area contributed by atoms with Crippen molar-refractivity contribution in [3.05, 3.63) is 83.4 Å². The number of carbonyl (C=O) groups is 3. The zero-order valence-electron chi connectivity index (χ0n) is 21.5. The monoisotopic (exact) mass is 519 g/mol. The number of carboxylic acids is 2. The number of carbonyl (C=O) groups excluding carboxylic acids is 1. The van der Waals surface area contributed by atoms with Crippen molar-refractivity contribution < 1.29 is 38.8 Å². The summed E-state index contributed by atoms with van der Waals surface area (Å²) in [5, 5.41) is 18.1. The van der Waals surface area contributed by atoms with Crippen LogP contribution in [0.15, 0.2) is 66.7 Å². The highest BCUT2D eigenvalue weighted by atomic mass is 16.5. The third kappa shape index (κ3) is 7.13. The summed E-state index contributed by atoms with van der Waals surface area (Å²) in [6.45, 7) is 0. The number of methoxy groups -OCH3 is 2. The fourth-order valence-electron chi connectivity index (χ4n) is 3.64. The van der Waals surface area contributed by atoms with Crippen molar-refractivity contribution in [1.29, 1.82) is 0 Å². The minimum absolute atomic E-state index is 0.131. The minimum atomic E-state index is -1.51. The van der Waals surface area contributed by atoms with E-state index in [1.165, 1.54) is 4.90 Å². The average Bonchev–Trinajstić information content (AvgIpc) is 2.90. The third-order valence-corrected chi connectivity index (χ3v) is 5.68. The SMILES string of the molecule is COc1cc(/C=C(\C(=O)N(C)C)c2ccc(Oc3ccc(CC(C(=O)O)C(=O)O)cc3)cc2)cc(OC)c1. The van der Waals surface area contributed by atoms with E-state index in [2.05, 4.69) is 0 Å². The maximum atomic E-state index is 13.0. The minimum Gasteiger partial charge on any atom is -0.497 e. The van der Waals surface area contributed by atoms with E-state index in [0.29, 0.717) is 39.7 Å². The van der Waals surface area contributed by atoms with Crippen molar-refractivity contribution in [3.63, 3.8) is 0 Å². The first kappa shape index (κ1) is 27.8. The van der Waals surface area contributed by atoms with Crippen LogP contribution < -0.4 is 14.2 Å². The van der Waals surface area contributed by atoms with Crippen molar-refractivity contribution in [2.24, 2.45) is 5.92 Å². The fourth-order valence-corrected chi connectivity index (χ4v) is 3.64. The highest BCUT2D eigenvalue weighted by Gasteiger charge is 2.25. The molecule has 0 bridgehead atoms. The second-order valence-electron chi connectivity index (χ2n) is 8.61. The van der Waals surface area contributed by atoms with Crippen LogP contribution in [0.25, 0.3) is 11.6 Å². The Labute approximate surface area is 220 Å². The maximum absolute atomic E-state index is 13.0. The highest BCUT2D eigenvalue weighted by Crippen LogP contribution is 2.29. The smallest absolute Gasteiger partial charge is 0.318 e. The van der Waals surface area contributed by atoms with Gasteiger partial charge in [0.1, 0.15) is 23.0 Å². The predicted molar refractivity (Wildman–Crippen MR) is 142 cm³/mol. The van der Waals surface area contributed by atoms with Gasteiger partial charge in [-0.1, -0.05) is 24.3 Å². The van der Waals surface area contributed by atoms with E-state index >= 15 is 0 Å². The van der Waals surface area contributed by atoms with Gasteiger partial charge < -0.3 is 29.3 Å². The summed E-state index contributed by atoms with van der Waals surface area (Å²) in [5.74, 6) is -2.25. The number of rotatable bonds is 11. The molecule has 9 nitrogen and oxygen atoms in total. The number of likely N-dealkylation sites (N-methyl/N-ethyl adjacent to an activating group) is 1. The molecule has 0 saturated heterocycles. The number of ether oxygens (including phenoxy) is 3. The van der Waals surface area contributed by atoms with Gasteiger partial charge in [0.25, 0.3) is 5.91 Å². The zero-order valence-corrected chi connectivity index (χ0v) is 21.5. The maximum Gasteiger partial charge on any atom is 0.318 e. The van der Waals surface area contributed by atoms with Crippen LogP contribution in [0.2, 0.25) is 0 Å². The second kappa shape index (κ2) is 12.4. The van der Waals surface area contributed by atoms with Gasteiger partial charge in [-0.2, -0.15) is 0 Å². The zero-order chi connectivity index (χ0) is 27.8. The van der Waals surface area contributed by atoms with Crippen molar-refractivity contribution >= 4 is 29.5 Å². The summed E-state index contributed by atoms with van der Waals surface area (Å²) in [6, 6.07) is 18.9. The van der Waals surface area contributed by atoms with Crippen LogP contribution in [-0.2, 0) is 20.8 Å². The third-order valence-electron chi connectivity index (χ3n) is 5.68. The molecule has 0 aromatic heterocycles. The number of hydrogen-bond donors (Lipinski definition) is 2. The summed E-state index contributed by atoms with van der Waals surface area (Å²) < 4.78 is 16.6. The standard InChI is InChI=1S/C29H29NO8/c1-30(2)27(31)25(16-19-13-23(36-3)17-24(14-19)37-4)20-7-11-22(12-8-20)38-21-9-5-18(6-10-21)15-26(28(32)33)29(34)35/h5-14,16-17,26H,15H2,1-4H3,(H,32,33)(H,34,35)/b25-16-. The number of benzene rings is 3. The Morgan fingerprint density at radius 3 is 1.74 bits per heavy atom. The first-order valence-electron chi connectivity index (χ1n) is 11.6. The van der Waals surface area contributed by atoms with E-state index in [9.17, 15) is 14.4 Å². The summed E-state index contributed by atoms with van der Waals surface area (Å²) in [4.78, 5) is 36.8. The van der Waals surface area contributed by atoms with E-state index in [1.54, 1.807) is 89.0 Å². The first-order valence-corrected chi connectivity index (χ1v) is 11.6. The van der Waals surface area contributed by atoms with Crippen molar-refractivity contribution in [1.82, 2.24) is 4.90 Å². The quantitative estimate of drug-likeness (QED) is 0.216. The normalized spacial score (nSPS) is 11.1. The van der Waals surface area contributed by atoms with Gasteiger partial charge in [-0.25, -0.2) is 0 Å². The van der Waals surface area contributed by atoms with E-state index in [0.717, 1.165) is 5.56 Å². The molecule has 0 aliphatic carbocycles. The van der Waals surface area contributed by atoms with Gasteiger partial charge in [-0.15, -0.1) is 0 Å². The summed E-state index contributed by atoms with van der Waals surface area (Å²) in [7, 11) is 6.48. The molecule has 198 valence electrons. The van der Waals surface area contributed by atoms with Gasteiger partial charge in [0.15, 0.2) is 5.92 Å². The van der Waals surface area contributed by atoms with E-state index in [-0.39, 0.29) is 12.3 Å². The van der Waals surface area contributed by atoms with Gasteiger partial charge in [-0.3, -0.25) is 14.4 Å². The summed E-state index contributed by atoms with van der Waals surface area (Å²) >= 11 is 0. The lowest BCUT2D eigenvalue weighted by molar-refractivity contribution is -0.154. The van der Waals surface area contributed by atoms with Crippen LogP contribution in [0.3, 0.4) is 0 Å². The molecule has 0 atom stereocenters. The molecule has 0 radical (unpaired) electrons. The van der Waals surface area contributed by atoms with Crippen LogP contribution in [-0.4, -0.2) is 61.3 Å². The van der Waals surface area contributed by atoms with Crippen LogP contribution in [0.1, 0.15) is 16.7 Å². The van der Waals surface area contributed by atoms with E-state index < -0.39 is 17.9 Å². The van der Waals surface area contributed by atoms with Gasteiger partial charge in [0.05, 0.1) is 14.2 Å². The number of hydrogen-bond acceptors (Lipinski definition) is 6. The molecule has 3 aromatic rings. The van der Waals surface area contributed by atoms with Gasteiger partial charge in [0.2, 0.25) is 0 Å². The van der Waals surface area contributed by atoms with Crippen LogP contribution in [0, 0.1) is 5.92 Å². The molecule has 1 amide bonds. The Bertz CT molecular complexity index is 1290. The molecule has 9 heteroatoms. The molecule has 2 N–H and O–H groups in total. The number of aliphatic carboxylic acids is 2. The lowest BCUT2D eigenvalue weighted by atomic mass is 9.99. The van der Waals surface area contributed by atoms with Gasteiger partial charge in [0, 0.05) is 25.7 Å². The molecule has 0 heterocycles. The molecule has 0 aliphatic heterocycles. The van der Waals surface area contributed by atoms with E-state index in [1.807, 2.05) is 12.1 Å². The van der Waals surface area contributed by atoms with Crippen molar-refractivity contribution in [2.45, 2.75) is 6.42 Å². The Hall–Kier alpha value is -4.79. The molecule has 0 fully saturated rings. The van der Waals surface area contributed by atoms with Crippen LogP contribution >= 0.6 is 0 Å². The summed E-state index contributed by atoms with van der Waals surface area (Å²) in [5.41, 5.74) is 2.45. The molecule has 0 aliphatic rings. The second-order valence-corrected chi connectivity index (χ2v) is 8.61. The first-order chi connectivity index (χ1) is 18.1. The summed E-state index contributed by atoms with van der Waals surface area (Å²) in [6.07, 6.45) is 1.64. The molecular weight excluding hydrogens is 490 g/mol. The Balaban J connectivity index is 1.82. The Morgan fingerprint density at radius 1 is 0.789 bits per heavy atom. The highest BCUT2D eigenvalue weighted by molar-refractivity contribution is 6.24. The molecule has 38 heavy (non-hydrogen) atoms. The lowest BCUT2D eigenvalue weighted by Crippen LogP contribution is -2.25. The molecule has 3 rings (SSSR count). The van der Waals surface area contributed by atoms with Crippen molar-refractivity contribution in [2.75, 3.05) is 28.3 Å². The molecule has 0 spiro atoms. The number of nitrogens with zero attached hydrogens (tertiary/aromatic N) is 1. The number of amides is 1.